The van der Waals surface area contributed by atoms with Crippen molar-refractivity contribution in [2.45, 2.75) is 6.42 Å². The second-order valence-corrected chi connectivity index (χ2v) is 4.33. The molecule has 0 aromatic heterocycles. The number of benzene rings is 2. The molecule has 0 saturated carbocycles. The summed E-state index contributed by atoms with van der Waals surface area (Å²) in [5.41, 5.74) is 1.05. The molecule has 0 saturated heterocycles. The third-order valence-electron chi connectivity index (χ3n) is 2.78. The highest BCUT2D eigenvalue weighted by atomic mass is 19.1. The van der Waals surface area contributed by atoms with E-state index in [0.717, 1.165) is 12.0 Å². The van der Waals surface area contributed by atoms with Crippen LogP contribution in [0.5, 0.6) is 11.5 Å². The van der Waals surface area contributed by atoms with Gasteiger partial charge < -0.3 is 14.6 Å². The van der Waals surface area contributed by atoms with Crippen molar-refractivity contribution < 1.29 is 19.0 Å². The van der Waals surface area contributed by atoms with Crippen LogP contribution >= 0.6 is 0 Å². The minimum atomic E-state index is -0.225. The largest absolute Gasteiger partial charge is 0.508 e. The van der Waals surface area contributed by atoms with E-state index in [4.69, 9.17) is 14.6 Å². The molecule has 0 atom stereocenters. The van der Waals surface area contributed by atoms with Gasteiger partial charge in [-0.1, -0.05) is 12.1 Å². The Bertz CT molecular complexity index is 459. The molecule has 2 rings (SSSR count). The van der Waals surface area contributed by atoms with Crippen LogP contribution in [0.1, 0.15) is 5.56 Å². The maximum atomic E-state index is 12.7. The Morgan fingerprint density at radius 3 is 2.25 bits per heavy atom. The van der Waals surface area contributed by atoms with Crippen molar-refractivity contribution in [2.24, 2.45) is 0 Å². The first-order valence-electron chi connectivity index (χ1n) is 6.48. The molecule has 0 bridgehead atoms. The number of hydrogen-bond donors (Lipinski definition) is 1. The molecular formula is C16H17FO3. The Hall–Kier alpha value is -2.07. The Balaban J connectivity index is 1.57. The summed E-state index contributed by atoms with van der Waals surface area (Å²) >= 11 is 0. The lowest BCUT2D eigenvalue weighted by Gasteiger charge is -2.07. The number of phenolic OH excluding ortho intramolecular Hbond substituents is 1. The number of halogens is 1. The van der Waals surface area contributed by atoms with E-state index in [0.29, 0.717) is 25.6 Å². The molecule has 0 aliphatic rings. The summed E-state index contributed by atoms with van der Waals surface area (Å²) in [5, 5.41) is 9.12. The van der Waals surface area contributed by atoms with E-state index in [2.05, 4.69) is 0 Å². The lowest BCUT2D eigenvalue weighted by molar-refractivity contribution is 0.102. The van der Waals surface area contributed by atoms with E-state index < -0.39 is 0 Å². The lowest BCUT2D eigenvalue weighted by Crippen LogP contribution is -2.08. The van der Waals surface area contributed by atoms with E-state index in [1.165, 1.54) is 12.1 Å². The zero-order valence-corrected chi connectivity index (χ0v) is 11.1. The second kappa shape index (κ2) is 7.50. The topological polar surface area (TPSA) is 38.7 Å². The zero-order valence-electron chi connectivity index (χ0n) is 11.1. The van der Waals surface area contributed by atoms with Crippen molar-refractivity contribution in [3.8, 4) is 11.5 Å². The quantitative estimate of drug-likeness (QED) is 0.789. The van der Waals surface area contributed by atoms with Crippen LogP contribution in [0.4, 0.5) is 4.39 Å². The molecular weight excluding hydrogens is 259 g/mol. The molecule has 0 unspecified atom stereocenters. The highest BCUT2D eigenvalue weighted by molar-refractivity contribution is 5.29. The zero-order chi connectivity index (χ0) is 14.2. The molecule has 4 heteroatoms. The smallest absolute Gasteiger partial charge is 0.123 e. The summed E-state index contributed by atoms with van der Waals surface area (Å²) in [6.07, 6.45) is 0.749. The van der Waals surface area contributed by atoms with Crippen molar-refractivity contribution >= 4 is 0 Å². The Kier molecular flexibility index (Phi) is 5.38. The maximum absolute atomic E-state index is 12.7. The summed E-state index contributed by atoms with van der Waals surface area (Å²) in [5.74, 6) is 0.690. The molecule has 0 fully saturated rings. The molecule has 0 spiro atoms. The van der Waals surface area contributed by atoms with Crippen molar-refractivity contribution in [1.82, 2.24) is 0 Å². The average molecular weight is 276 g/mol. The Morgan fingerprint density at radius 2 is 1.55 bits per heavy atom. The van der Waals surface area contributed by atoms with E-state index in [9.17, 15) is 4.39 Å². The molecule has 3 nitrogen and oxygen atoms in total. The monoisotopic (exact) mass is 276 g/mol. The fourth-order valence-corrected chi connectivity index (χ4v) is 1.70. The number of rotatable bonds is 7. The van der Waals surface area contributed by atoms with Gasteiger partial charge in [0.15, 0.2) is 0 Å². The van der Waals surface area contributed by atoms with Gasteiger partial charge in [-0.3, -0.25) is 0 Å². The van der Waals surface area contributed by atoms with Gasteiger partial charge in [0.2, 0.25) is 0 Å². The van der Waals surface area contributed by atoms with Gasteiger partial charge in [-0.05, 0) is 48.4 Å². The minimum Gasteiger partial charge on any atom is -0.508 e. The molecule has 0 aliphatic carbocycles. The number of ether oxygens (including phenoxy) is 2. The van der Waals surface area contributed by atoms with Crippen LogP contribution in [0.3, 0.4) is 0 Å². The van der Waals surface area contributed by atoms with E-state index in [1.54, 1.807) is 36.4 Å². The second-order valence-electron chi connectivity index (χ2n) is 4.33. The van der Waals surface area contributed by atoms with Gasteiger partial charge in [0.1, 0.15) is 23.9 Å². The molecule has 1 N–H and O–H groups in total. The van der Waals surface area contributed by atoms with Crippen LogP contribution < -0.4 is 4.74 Å². The molecule has 0 amide bonds. The van der Waals surface area contributed by atoms with Gasteiger partial charge in [-0.2, -0.15) is 0 Å². The fraction of sp³-hybridized carbons (Fsp3) is 0.250. The molecule has 2 aromatic rings. The third kappa shape index (κ3) is 4.90. The van der Waals surface area contributed by atoms with Gasteiger partial charge in [-0.25, -0.2) is 4.39 Å². The maximum Gasteiger partial charge on any atom is 0.123 e. The Labute approximate surface area is 117 Å². The molecule has 20 heavy (non-hydrogen) atoms. The van der Waals surface area contributed by atoms with E-state index in [1.807, 2.05) is 0 Å². The number of aromatic hydroxyl groups is 1. The predicted octanol–water partition coefficient (Wildman–Crippen LogP) is 3.17. The summed E-state index contributed by atoms with van der Waals surface area (Å²) in [7, 11) is 0. The normalized spacial score (nSPS) is 10.4. The predicted molar refractivity (Wildman–Crippen MR) is 74.5 cm³/mol. The van der Waals surface area contributed by atoms with E-state index >= 15 is 0 Å². The van der Waals surface area contributed by atoms with Gasteiger partial charge in [0, 0.05) is 0 Å². The first-order valence-corrected chi connectivity index (χ1v) is 6.48. The standard InChI is InChI=1S/C16H17FO3/c17-14-3-1-13(2-4-14)9-10-19-11-12-20-16-7-5-15(18)6-8-16/h1-8,18H,9-12H2. The van der Waals surface area contributed by atoms with Crippen LogP contribution in [0.2, 0.25) is 0 Å². The van der Waals surface area contributed by atoms with Gasteiger partial charge in [-0.15, -0.1) is 0 Å². The summed E-state index contributed by atoms with van der Waals surface area (Å²) < 4.78 is 23.6. The highest BCUT2D eigenvalue weighted by Gasteiger charge is 1.96. The van der Waals surface area contributed by atoms with Crippen LogP contribution in [0, 0.1) is 5.82 Å². The Morgan fingerprint density at radius 1 is 0.850 bits per heavy atom. The number of phenols is 1. The summed E-state index contributed by atoms with van der Waals surface area (Å²) in [4.78, 5) is 0. The summed E-state index contributed by atoms with van der Waals surface area (Å²) in [6, 6.07) is 13.0. The minimum absolute atomic E-state index is 0.216. The molecule has 106 valence electrons. The average Bonchev–Trinajstić information content (AvgIpc) is 2.46. The molecule has 2 aromatic carbocycles. The van der Waals surface area contributed by atoms with Crippen LogP contribution in [-0.2, 0) is 11.2 Å². The lowest BCUT2D eigenvalue weighted by atomic mass is 10.2. The summed E-state index contributed by atoms with van der Waals surface area (Å²) in [6.45, 7) is 1.51. The van der Waals surface area contributed by atoms with Gasteiger partial charge >= 0.3 is 0 Å². The molecule has 0 aliphatic heterocycles. The van der Waals surface area contributed by atoms with Crippen molar-refractivity contribution in [3.63, 3.8) is 0 Å². The van der Waals surface area contributed by atoms with Gasteiger partial charge in [0.05, 0.1) is 13.2 Å². The van der Waals surface area contributed by atoms with Crippen molar-refractivity contribution in [2.75, 3.05) is 19.8 Å². The van der Waals surface area contributed by atoms with Crippen LogP contribution in [0.15, 0.2) is 48.5 Å². The van der Waals surface area contributed by atoms with Crippen LogP contribution in [-0.4, -0.2) is 24.9 Å². The van der Waals surface area contributed by atoms with Crippen molar-refractivity contribution in [3.05, 3.63) is 59.9 Å². The molecule has 0 heterocycles. The highest BCUT2D eigenvalue weighted by Crippen LogP contribution is 2.15. The SMILES string of the molecule is Oc1ccc(OCCOCCc2ccc(F)cc2)cc1. The first-order chi connectivity index (χ1) is 9.74. The fourth-order valence-electron chi connectivity index (χ4n) is 1.70. The van der Waals surface area contributed by atoms with Crippen LogP contribution in [0.25, 0.3) is 0 Å². The first kappa shape index (κ1) is 14.3. The third-order valence-corrected chi connectivity index (χ3v) is 2.78. The number of hydrogen-bond acceptors (Lipinski definition) is 3. The molecule has 0 radical (unpaired) electrons. The van der Waals surface area contributed by atoms with Gasteiger partial charge in [0.25, 0.3) is 0 Å². The van der Waals surface area contributed by atoms with E-state index in [-0.39, 0.29) is 11.6 Å². The van der Waals surface area contributed by atoms with Crippen molar-refractivity contribution in [1.29, 1.82) is 0 Å².